The summed E-state index contributed by atoms with van der Waals surface area (Å²) in [5.41, 5.74) is 0. The van der Waals surface area contributed by atoms with Crippen LogP contribution < -0.4 is 9.79 Å². The van der Waals surface area contributed by atoms with Crippen molar-refractivity contribution in [2.24, 2.45) is 0 Å². The van der Waals surface area contributed by atoms with Crippen LogP contribution in [0.5, 0.6) is 0 Å². The molecule has 0 aliphatic rings. The van der Waals surface area contributed by atoms with E-state index in [4.69, 9.17) is 14.4 Å². The van der Waals surface area contributed by atoms with Gasteiger partial charge in [0, 0.05) is 14.5 Å². The minimum atomic E-state index is -3.63. The van der Waals surface area contributed by atoms with Crippen molar-refractivity contribution in [2.45, 2.75) is 158 Å². The lowest BCUT2D eigenvalue weighted by Crippen LogP contribution is -2.12. The summed E-state index contributed by atoms with van der Waals surface area (Å²) in [7, 11) is -4.75. The lowest BCUT2D eigenvalue weighted by Gasteiger charge is -2.28. The van der Waals surface area contributed by atoms with Gasteiger partial charge >= 0.3 is 0 Å². The molecule has 0 aromatic rings. The molecule has 0 aliphatic heterocycles. The first-order valence-corrected chi connectivity index (χ1v) is 23.1. The van der Waals surface area contributed by atoms with Crippen LogP contribution in [0.2, 0.25) is 0 Å². The number of hydrogen-bond acceptors (Lipinski definition) is 3. The number of hydrogen-bond donors (Lipinski definition) is 0. The largest absolute Gasteiger partial charge is 0.813 e. The zero-order valence-corrected chi connectivity index (χ0v) is 30.4. The highest BCUT2D eigenvalue weighted by Gasteiger charge is 2.35. The van der Waals surface area contributed by atoms with E-state index in [9.17, 15) is 0 Å². The van der Waals surface area contributed by atoms with Gasteiger partial charge in [-0.1, -0.05) is 115 Å². The molecular formula is C32H73O3P3. The van der Waals surface area contributed by atoms with Gasteiger partial charge in [0.2, 0.25) is 0 Å². The second kappa shape index (κ2) is 32.5. The zero-order valence-electron chi connectivity index (χ0n) is 27.6. The van der Waals surface area contributed by atoms with E-state index in [1.807, 2.05) is 0 Å². The average Bonchev–Trinajstić information content (AvgIpc) is 2.91. The maximum atomic E-state index is 8.52. The highest BCUT2D eigenvalue weighted by Crippen LogP contribution is 2.62. The molecule has 0 aromatic carbocycles. The summed E-state index contributed by atoms with van der Waals surface area (Å²) in [5.74, 6) is 0. The molecular weight excluding hydrogens is 525 g/mol. The molecule has 0 atom stereocenters. The van der Waals surface area contributed by atoms with E-state index in [-0.39, 0.29) is 0 Å². The zero-order chi connectivity index (χ0) is 29.5. The maximum absolute atomic E-state index is 8.52. The second-order valence-electron chi connectivity index (χ2n) is 11.6. The van der Waals surface area contributed by atoms with Crippen LogP contribution in [0, 0.1) is 0 Å². The second-order valence-corrected chi connectivity index (χ2v) is 21.0. The van der Waals surface area contributed by atoms with Gasteiger partial charge in [-0.25, -0.2) is 0 Å². The van der Waals surface area contributed by atoms with Gasteiger partial charge in [0.1, 0.15) is 0 Å². The van der Waals surface area contributed by atoms with Gasteiger partial charge in [-0.2, -0.15) is 0 Å². The first-order chi connectivity index (χ1) is 18.2. The van der Waals surface area contributed by atoms with Gasteiger partial charge in [-0.15, -0.1) is 0 Å². The van der Waals surface area contributed by atoms with Gasteiger partial charge in [0.05, 0.1) is 49.3 Å². The summed E-state index contributed by atoms with van der Waals surface area (Å²) < 4.78 is 8.52. The minimum Gasteiger partial charge on any atom is -0.813 e. The summed E-state index contributed by atoms with van der Waals surface area (Å²) in [6.07, 6.45) is 35.9. The van der Waals surface area contributed by atoms with Crippen LogP contribution in [0.1, 0.15) is 158 Å². The van der Waals surface area contributed by atoms with Crippen LogP contribution in [0.3, 0.4) is 0 Å². The van der Waals surface area contributed by atoms with Gasteiger partial charge < -0.3 is 14.4 Å². The van der Waals surface area contributed by atoms with Crippen molar-refractivity contribution in [1.29, 1.82) is 0 Å². The van der Waals surface area contributed by atoms with E-state index in [1.54, 1.807) is 49.3 Å². The van der Waals surface area contributed by atoms with Gasteiger partial charge in [-0.05, 0) is 51.4 Å². The fourth-order valence-corrected chi connectivity index (χ4v) is 15.9. The van der Waals surface area contributed by atoms with E-state index in [0.717, 1.165) is 0 Å². The SMILES string of the molecule is CCCC[P+](CCCC)(CCCC)CCCC.CCCC[P+](CCCC)(CCCC)CCCC.O=[PH]([O-])[O-]. The Bertz CT molecular complexity index is 360. The molecule has 0 N–H and O–H groups in total. The third-order valence-corrected chi connectivity index (χ3v) is 18.0. The minimum absolute atomic E-state index is 0.562. The standard InChI is InChI=1S/2C16H36P.H3O3P/c2*1-5-9-13-17(14-10-6-2,15-11-7-3)16-12-8-4;1-4(2)3/h2*5-16H2,1-4H3;4H,(H2,1,2,3)/q2*+1;/p-2. The van der Waals surface area contributed by atoms with Crippen molar-refractivity contribution in [3.8, 4) is 0 Å². The molecule has 0 heterocycles. The summed E-state index contributed by atoms with van der Waals surface area (Å²) in [6, 6.07) is 0. The quantitative estimate of drug-likeness (QED) is 0.104. The lowest BCUT2D eigenvalue weighted by atomic mass is 10.4. The molecule has 0 radical (unpaired) electrons. The third kappa shape index (κ3) is 28.5. The third-order valence-electron chi connectivity index (χ3n) is 7.89. The van der Waals surface area contributed by atoms with Crippen LogP contribution in [-0.4, -0.2) is 49.3 Å². The molecule has 0 bridgehead atoms. The molecule has 6 heteroatoms. The van der Waals surface area contributed by atoms with Crippen molar-refractivity contribution < 1.29 is 14.4 Å². The van der Waals surface area contributed by atoms with Crippen molar-refractivity contribution in [3.05, 3.63) is 0 Å². The number of rotatable bonds is 24. The van der Waals surface area contributed by atoms with Crippen molar-refractivity contribution in [1.82, 2.24) is 0 Å². The van der Waals surface area contributed by atoms with Crippen LogP contribution in [0.25, 0.3) is 0 Å². The number of unbranched alkanes of at least 4 members (excludes halogenated alkanes) is 8. The summed E-state index contributed by atoms with van der Waals surface area (Å²) in [4.78, 5) is 17.0. The first kappa shape index (κ1) is 43.5. The summed E-state index contributed by atoms with van der Waals surface area (Å²) >= 11 is 0. The molecule has 0 amide bonds. The molecule has 0 saturated heterocycles. The summed E-state index contributed by atoms with van der Waals surface area (Å²) in [5, 5.41) is 0. The molecule has 0 spiro atoms. The summed E-state index contributed by atoms with van der Waals surface area (Å²) in [6.45, 7) is 18.8. The molecule has 0 rings (SSSR count). The molecule has 0 saturated carbocycles. The Morgan fingerprint density at radius 3 is 0.553 bits per heavy atom. The Morgan fingerprint density at radius 2 is 0.474 bits per heavy atom. The van der Waals surface area contributed by atoms with Gasteiger partial charge in [-0.3, -0.25) is 0 Å². The normalized spacial score (nSPS) is 11.7. The monoisotopic (exact) mass is 598 g/mol. The highest BCUT2D eigenvalue weighted by molar-refractivity contribution is 7.76. The average molecular weight is 599 g/mol. The van der Waals surface area contributed by atoms with Crippen LogP contribution in [0.4, 0.5) is 0 Å². The van der Waals surface area contributed by atoms with Crippen molar-refractivity contribution in [2.75, 3.05) is 49.3 Å². The molecule has 0 aliphatic carbocycles. The molecule has 0 aromatic heterocycles. The van der Waals surface area contributed by atoms with E-state index in [1.165, 1.54) is 103 Å². The van der Waals surface area contributed by atoms with Crippen molar-refractivity contribution in [3.63, 3.8) is 0 Å². The Balaban J connectivity index is -0.000000564. The molecule has 234 valence electrons. The van der Waals surface area contributed by atoms with E-state index < -0.39 is 22.8 Å². The Hall–Kier alpha value is 1.01. The Kier molecular flexibility index (Phi) is 37.2. The predicted octanol–water partition coefficient (Wildman–Crippen LogP) is 10.5. The van der Waals surface area contributed by atoms with E-state index in [2.05, 4.69) is 55.4 Å². The topological polar surface area (TPSA) is 63.2 Å². The van der Waals surface area contributed by atoms with Crippen molar-refractivity contribution >= 4 is 22.8 Å². The predicted molar refractivity (Wildman–Crippen MR) is 181 cm³/mol. The van der Waals surface area contributed by atoms with E-state index in [0.29, 0.717) is 0 Å². The first-order valence-electron chi connectivity index (χ1n) is 16.8. The Morgan fingerprint density at radius 1 is 0.368 bits per heavy atom. The van der Waals surface area contributed by atoms with Crippen LogP contribution in [-0.2, 0) is 4.57 Å². The smallest absolute Gasteiger partial charge is 0.0594 e. The van der Waals surface area contributed by atoms with Crippen LogP contribution >= 0.6 is 22.8 Å². The Labute approximate surface area is 244 Å². The van der Waals surface area contributed by atoms with Gasteiger partial charge in [0.15, 0.2) is 0 Å². The maximum Gasteiger partial charge on any atom is 0.0594 e. The lowest BCUT2D eigenvalue weighted by molar-refractivity contribution is -0.297. The fraction of sp³-hybridized carbons (Fsp3) is 1.00. The molecule has 38 heavy (non-hydrogen) atoms. The molecule has 0 unspecified atom stereocenters. The van der Waals surface area contributed by atoms with Gasteiger partial charge in [0.25, 0.3) is 0 Å². The van der Waals surface area contributed by atoms with Crippen LogP contribution in [0.15, 0.2) is 0 Å². The fourth-order valence-electron chi connectivity index (χ4n) is 5.29. The highest BCUT2D eigenvalue weighted by atomic mass is 31.2. The van der Waals surface area contributed by atoms with E-state index >= 15 is 0 Å². The molecule has 3 nitrogen and oxygen atoms in total. The molecule has 0 fully saturated rings.